The van der Waals surface area contributed by atoms with Crippen molar-refractivity contribution in [2.24, 2.45) is 0 Å². The van der Waals surface area contributed by atoms with E-state index in [0.717, 1.165) is 28.3 Å². The van der Waals surface area contributed by atoms with E-state index in [-0.39, 0.29) is 0 Å². The zero-order valence-electron chi connectivity index (χ0n) is 15.1. The normalized spacial score (nSPS) is 10.2. The van der Waals surface area contributed by atoms with Crippen molar-refractivity contribution in [3.05, 3.63) is 76.9 Å². The first-order chi connectivity index (χ1) is 12.5. The van der Waals surface area contributed by atoms with E-state index < -0.39 is 0 Å². The molecule has 0 amide bonds. The lowest BCUT2D eigenvalue weighted by atomic mass is 10.1. The van der Waals surface area contributed by atoms with Gasteiger partial charge in [0.2, 0.25) is 0 Å². The molecule has 26 heavy (non-hydrogen) atoms. The molecule has 0 fully saturated rings. The van der Waals surface area contributed by atoms with E-state index in [1.165, 1.54) is 5.56 Å². The first-order valence-electron chi connectivity index (χ1n) is 8.38. The van der Waals surface area contributed by atoms with Crippen LogP contribution < -0.4 is 15.8 Å². The van der Waals surface area contributed by atoms with Gasteiger partial charge in [-0.15, -0.1) is 0 Å². The summed E-state index contributed by atoms with van der Waals surface area (Å²) in [4.78, 5) is 0. The number of hydrogen-bond acceptors (Lipinski definition) is 4. The molecule has 3 aromatic rings. The van der Waals surface area contributed by atoms with Gasteiger partial charge in [0.1, 0.15) is 11.5 Å². The first kappa shape index (κ1) is 17.4. The molecule has 0 aliphatic heterocycles. The molecule has 0 saturated carbocycles. The molecular weight excluding hydrogens is 322 g/mol. The van der Waals surface area contributed by atoms with Gasteiger partial charge in [-0.05, 0) is 68.3 Å². The van der Waals surface area contributed by atoms with E-state index in [0.29, 0.717) is 17.0 Å². The lowest BCUT2D eigenvalue weighted by molar-refractivity contribution is 0.475. The van der Waals surface area contributed by atoms with E-state index in [1.807, 2.05) is 44.2 Å². The van der Waals surface area contributed by atoms with Crippen LogP contribution in [0.1, 0.15) is 22.3 Å². The van der Waals surface area contributed by atoms with Crippen LogP contribution in [0.25, 0.3) is 0 Å². The van der Waals surface area contributed by atoms with Crippen LogP contribution in [0.4, 0.5) is 17.1 Å². The smallest absolute Gasteiger partial charge is 0.133 e. The maximum Gasteiger partial charge on any atom is 0.133 e. The highest BCUT2D eigenvalue weighted by atomic mass is 16.5. The minimum absolute atomic E-state index is 0.617. The molecule has 3 aromatic carbocycles. The van der Waals surface area contributed by atoms with Crippen LogP contribution in [0, 0.1) is 32.1 Å². The Balaban J connectivity index is 1.87. The summed E-state index contributed by atoms with van der Waals surface area (Å²) in [7, 11) is 0. The molecule has 0 aliphatic carbocycles. The van der Waals surface area contributed by atoms with Gasteiger partial charge in [-0.1, -0.05) is 17.7 Å². The van der Waals surface area contributed by atoms with Gasteiger partial charge in [-0.2, -0.15) is 5.26 Å². The standard InChI is InChI=1S/C22H21N3O/c1-14-10-15(2)22(16(3)11-14)26-19-8-9-20(24)21(12-19)25-18-6-4-17(13-23)5-7-18/h4-12,25H,24H2,1-3H3. The summed E-state index contributed by atoms with van der Waals surface area (Å²) in [5.41, 5.74) is 12.4. The third kappa shape index (κ3) is 3.79. The Hall–Kier alpha value is -3.45. The Kier molecular flexibility index (Phi) is 4.81. The Morgan fingerprint density at radius 3 is 2.19 bits per heavy atom. The molecule has 0 radical (unpaired) electrons. The maximum atomic E-state index is 8.89. The summed E-state index contributed by atoms with van der Waals surface area (Å²) in [6.07, 6.45) is 0. The van der Waals surface area contributed by atoms with Crippen LogP contribution in [0.3, 0.4) is 0 Å². The van der Waals surface area contributed by atoms with Gasteiger partial charge < -0.3 is 15.8 Å². The van der Waals surface area contributed by atoms with Crippen molar-refractivity contribution in [1.82, 2.24) is 0 Å². The molecule has 3 rings (SSSR count). The topological polar surface area (TPSA) is 71.1 Å². The van der Waals surface area contributed by atoms with Crippen LogP contribution >= 0.6 is 0 Å². The van der Waals surface area contributed by atoms with Crippen molar-refractivity contribution in [2.45, 2.75) is 20.8 Å². The average Bonchev–Trinajstić information content (AvgIpc) is 2.61. The Morgan fingerprint density at radius 1 is 0.923 bits per heavy atom. The lowest BCUT2D eigenvalue weighted by Gasteiger charge is -2.15. The fourth-order valence-corrected chi connectivity index (χ4v) is 2.94. The fourth-order valence-electron chi connectivity index (χ4n) is 2.94. The summed E-state index contributed by atoms with van der Waals surface area (Å²) >= 11 is 0. The molecule has 0 spiro atoms. The Bertz CT molecular complexity index is 962. The van der Waals surface area contributed by atoms with E-state index in [2.05, 4.69) is 30.4 Å². The minimum Gasteiger partial charge on any atom is -0.457 e. The number of nitrogens with zero attached hydrogens (tertiary/aromatic N) is 1. The van der Waals surface area contributed by atoms with Gasteiger partial charge in [0.05, 0.1) is 23.0 Å². The summed E-state index contributed by atoms with van der Waals surface area (Å²) < 4.78 is 6.13. The number of anilines is 3. The zero-order chi connectivity index (χ0) is 18.7. The number of nitriles is 1. The van der Waals surface area contributed by atoms with Gasteiger partial charge in [-0.25, -0.2) is 0 Å². The number of ether oxygens (including phenoxy) is 1. The van der Waals surface area contributed by atoms with Gasteiger partial charge in [0.15, 0.2) is 0 Å². The molecule has 4 heteroatoms. The summed E-state index contributed by atoms with van der Waals surface area (Å²) in [5, 5.41) is 12.2. The number of nitrogen functional groups attached to an aromatic ring is 1. The molecule has 0 unspecified atom stereocenters. The van der Waals surface area contributed by atoms with Crippen molar-refractivity contribution in [1.29, 1.82) is 5.26 Å². The van der Waals surface area contributed by atoms with Crippen LogP contribution in [0.15, 0.2) is 54.6 Å². The molecule has 0 aliphatic rings. The molecular formula is C22H21N3O. The second-order valence-electron chi connectivity index (χ2n) is 6.39. The average molecular weight is 343 g/mol. The Labute approximate surface area is 153 Å². The lowest BCUT2D eigenvalue weighted by Crippen LogP contribution is -1.98. The highest BCUT2D eigenvalue weighted by Crippen LogP contribution is 2.33. The molecule has 0 atom stereocenters. The minimum atomic E-state index is 0.617. The SMILES string of the molecule is Cc1cc(C)c(Oc2ccc(N)c(Nc3ccc(C#N)cc3)c2)c(C)c1. The van der Waals surface area contributed by atoms with E-state index >= 15 is 0 Å². The molecule has 0 bridgehead atoms. The molecule has 3 N–H and O–H groups in total. The van der Waals surface area contributed by atoms with Crippen molar-refractivity contribution >= 4 is 17.1 Å². The maximum absolute atomic E-state index is 8.89. The van der Waals surface area contributed by atoms with Crippen molar-refractivity contribution in [3.8, 4) is 17.6 Å². The number of nitrogens with one attached hydrogen (secondary N) is 1. The van der Waals surface area contributed by atoms with Crippen molar-refractivity contribution < 1.29 is 4.74 Å². The number of rotatable bonds is 4. The monoisotopic (exact) mass is 343 g/mol. The third-order valence-electron chi connectivity index (χ3n) is 4.14. The first-order valence-corrected chi connectivity index (χ1v) is 8.38. The van der Waals surface area contributed by atoms with Gasteiger partial charge >= 0.3 is 0 Å². The molecule has 0 heterocycles. The summed E-state index contributed by atoms with van der Waals surface area (Å²) in [5.74, 6) is 1.58. The van der Waals surface area contributed by atoms with Crippen LogP contribution in [-0.2, 0) is 0 Å². The number of nitrogens with two attached hydrogens (primary N) is 1. The molecule has 0 aromatic heterocycles. The van der Waals surface area contributed by atoms with E-state index in [9.17, 15) is 0 Å². The second kappa shape index (κ2) is 7.20. The van der Waals surface area contributed by atoms with E-state index in [4.69, 9.17) is 15.7 Å². The number of aryl methyl sites for hydroxylation is 3. The highest BCUT2D eigenvalue weighted by Gasteiger charge is 2.09. The fraction of sp³-hybridized carbons (Fsp3) is 0.136. The second-order valence-corrected chi connectivity index (χ2v) is 6.39. The Morgan fingerprint density at radius 2 is 1.58 bits per heavy atom. The summed E-state index contributed by atoms with van der Waals surface area (Å²) in [6, 6.07) is 19.1. The summed E-state index contributed by atoms with van der Waals surface area (Å²) in [6.45, 7) is 6.16. The van der Waals surface area contributed by atoms with Crippen LogP contribution in [0.5, 0.6) is 11.5 Å². The van der Waals surface area contributed by atoms with Crippen LogP contribution in [0.2, 0.25) is 0 Å². The predicted octanol–water partition coefficient (Wildman–Crippen LogP) is 5.60. The molecule has 4 nitrogen and oxygen atoms in total. The zero-order valence-corrected chi connectivity index (χ0v) is 15.1. The van der Waals surface area contributed by atoms with Crippen molar-refractivity contribution in [2.75, 3.05) is 11.1 Å². The molecule has 130 valence electrons. The quantitative estimate of drug-likeness (QED) is 0.605. The van der Waals surface area contributed by atoms with Gasteiger partial charge in [-0.3, -0.25) is 0 Å². The van der Waals surface area contributed by atoms with Gasteiger partial charge in [0, 0.05) is 11.8 Å². The number of benzene rings is 3. The van der Waals surface area contributed by atoms with Crippen molar-refractivity contribution in [3.63, 3.8) is 0 Å². The predicted molar refractivity (Wildman–Crippen MR) is 106 cm³/mol. The van der Waals surface area contributed by atoms with E-state index in [1.54, 1.807) is 12.1 Å². The number of hydrogen-bond donors (Lipinski definition) is 2. The van der Waals surface area contributed by atoms with Gasteiger partial charge in [0.25, 0.3) is 0 Å². The molecule has 0 saturated heterocycles. The highest BCUT2D eigenvalue weighted by molar-refractivity contribution is 5.74. The van der Waals surface area contributed by atoms with Crippen LogP contribution in [-0.4, -0.2) is 0 Å². The largest absolute Gasteiger partial charge is 0.457 e. The third-order valence-corrected chi connectivity index (χ3v) is 4.14.